The molecule has 0 saturated heterocycles. The summed E-state index contributed by atoms with van der Waals surface area (Å²) in [5.74, 6) is -4.13. The Morgan fingerprint density at radius 2 is 1.73 bits per heavy atom. The first-order valence-electron chi connectivity index (χ1n) is 8.36. The quantitative estimate of drug-likeness (QED) is 0.600. The number of amides is 2. The van der Waals surface area contributed by atoms with Crippen molar-refractivity contribution < 1.29 is 31.9 Å². The number of nitrogens with zero attached hydrogens (tertiary/aromatic N) is 1. The second-order valence-electron chi connectivity index (χ2n) is 5.96. The van der Waals surface area contributed by atoms with E-state index in [9.17, 15) is 27.2 Å². The molecule has 1 heterocycles. The van der Waals surface area contributed by atoms with Crippen molar-refractivity contribution in [1.82, 2.24) is 4.98 Å². The SMILES string of the molecule is NC(=O)c1cc(NC(=O)c2c(Oc3ccccc3)ccc(C(F)(F)F)c2F)ccn1. The highest BCUT2D eigenvalue weighted by molar-refractivity contribution is 6.07. The van der Waals surface area contributed by atoms with Crippen LogP contribution in [0.5, 0.6) is 11.5 Å². The molecule has 0 unspecified atom stereocenters. The molecule has 3 aromatic rings. The molecule has 0 aliphatic heterocycles. The molecule has 10 heteroatoms. The monoisotopic (exact) mass is 419 g/mol. The zero-order chi connectivity index (χ0) is 21.9. The van der Waals surface area contributed by atoms with Gasteiger partial charge in [-0.1, -0.05) is 18.2 Å². The number of benzene rings is 2. The van der Waals surface area contributed by atoms with Crippen LogP contribution in [0.4, 0.5) is 23.2 Å². The van der Waals surface area contributed by atoms with Gasteiger partial charge in [-0.3, -0.25) is 14.6 Å². The van der Waals surface area contributed by atoms with Gasteiger partial charge >= 0.3 is 6.18 Å². The van der Waals surface area contributed by atoms with E-state index < -0.39 is 40.7 Å². The molecule has 2 aromatic carbocycles. The molecule has 0 spiro atoms. The molecule has 30 heavy (non-hydrogen) atoms. The van der Waals surface area contributed by atoms with Crippen molar-refractivity contribution in [2.24, 2.45) is 5.73 Å². The number of ether oxygens (including phenoxy) is 1. The van der Waals surface area contributed by atoms with E-state index in [1.54, 1.807) is 18.2 Å². The molecular weight excluding hydrogens is 406 g/mol. The number of para-hydroxylation sites is 1. The minimum Gasteiger partial charge on any atom is -0.456 e. The average Bonchev–Trinajstić information content (AvgIpc) is 2.68. The molecule has 0 radical (unpaired) electrons. The van der Waals surface area contributed by atoms with Gasteiger partial charge < -0.3 is 15.8 Å². The number of carbonyl (C=O) groups excluding carboxylic acids is 2. The Bertz CT molecular complexity index is 1100. The number of anilines is 1. The molecular formula is C20H13F4N3O3. The topological polar surface area (TPSA) is 94.3 Å². The second-order valence-corrected chi connectivity index (χ2v) is 5.96. The van der Waals surface area contributed by atoms with Crippen molar-refractivity contribution in [3.05, 3.63) is 83.4 Å². The lowest BCUT2D eigenvalue weighted by molar-refractivity contribution is -0.140. The number of hydrogen-bond acceptors (Lipinski definition) is 4. The highest BCUT2D eigenvalue weighted by Gasteiger charge is 2.37. The first-order chi connectivity index (χ1) is 14.2. The van der Waals surface area contributed by atoms with Crippen molar-refractivity contribution in [3.63, 3.8) is 0 Å². The van der Waals surface area contributed by atoms with Gasteiger partial charge in [0.1, 0.15) is 22.8 Å². The Balaban J connectivity index is 2.04. The molecule has 6 nitrogen and oxygen atoms in total. The summed E-state index contributed by atoms with van der Waals surface area (Å²) in [6.07, 6.45) is -3.88. The molecule has 0 fully saturated rings. The van der Waals surface area contributed by atoms with E-state index in [1.165, 1.54) is 18.2 Å². The predicted octanol–water partition coefficient (Wildman–Crippen LogP) is 4.38. The summed E-state index contributed by atoms with van der Waals surface area (Å²) < 4.78 is 59.6. The van der Waals surface area contributed by atoms with E-state index in [2.05, 4.69) is 10.3 Å². The van der Waals surface area contributed by atoms with E-state index >= 15 is 0 Å². The zero-order valence-corrected chi connectivity index (χ0v) is 15.0. The van der Waals surface area contributed by atoms with Gasteiger partial charge in [0.15, 0.2) is 5.82 Å². The normalized spacial score (nSPS) is 11.1. The molecule has 0 bridgehead atoms. The smallest absolute Gasteiger partial charge is 0.419 e. The molecule has 3 rings (SSSR count). The summed E-state index contributed by atoms with van der Waals surface area (Å²) in [6, 6.07) is 11.5. The molecule has 0 aliphatic carbocycles. The Labute approximate surface area is 167 Å². The van der Waals surface area contributed by atoms with Gasteiger partial charge in [0.05, 0.1) is 5.56 Å². The van der Waals surface area contributed by atoms with Crippen LogP contribution in [0.1, 0.15) is 26.4 Å². The maximum Gasteiger partial charge on any atom is 0.419 e. The standard InChI is InChI=1S/C20H13F4N3O3/c21-17-13(20(22,23)24)6-7-15(30-12-4-2-1-3-5-12)16(17)19(29)27-11-8-9-26-14(10-11)18(25)28/h1-10H,(H2,25,28)(H,26,27,29). The fourth-order valence-electron chi connectivity index (χ4n) is 2.53. The predicted molar refractivity (Wildman–Crippen MR) is 98.6 cm³/mol. The number of alkyl halides is 3. The van der Waals surface area contributed by atoms with Gasteiger partial charge in [-0.2, -0.15) is 13.2 Å². The maximum atomic E-state index is 14.7. The van der Waals surface area contributed by atoms with Gasteiger partial charge in [0, 0.05) is 11.9 Å². The summed E-state index contributed by atoms with van der Waals surface area (Å²) in [5.41, 5.74) is 2.31. The van der Waals surface area contributed by atoms with Crippen LogP contribution in [0.15, 0.2) is 60.8 Å². The molecule has 154 valence electrons. The fraction of sp³-hybridized carbons (Fsp3) is 0.0500. The largest absolute Gasteiger partial charge is 0.456 e. The molecule has 3 N–H and O–H groups in total. The highest BCUT2D eigenvalue weighted by atomic mass is 19.4. The Hall–Kier alpha value is -3.95. The average molecular weight is 419 g/mol. The van der Waals surface area contributed by atoms with Crippen LogP contribution in [0.25, 0.3) is 0 Å². The number of primary amides is 1. The summed E-state index contributed by atoms with van der Waals surface area (Å²) in [7, 11) is 0. The van der Waals surface area contributed by atoms with Gasteiger partial charge in [-0.05, 0) is 36.4 Å². The number of nitrogens with two attached hydrogens (primary N) is 1. The minimum atomic E-state index is -5.03. The molecule has 0 saturated carbocycles. The Morgan fingerprint density at radius 1 is 1.03 bits per heavy atom. The van der Waals surface area contributed by atoms with Crippen LogP contribution in [-0.2, 0) is 6.18 Å². The highest BCUT2D eigenvalue weighted by Crippen LogP contribution is 2.37. The van der Waals surface area contributed by atoms with E-state index in [0.29, 0.717) is 6.07 Å². The second kappa shape index (κ2) is 8.19. The van der Waals surface area contributed by atoms with E-state index in [4.69, 9.17) is 10.5 Å². The van der Waals surface area contributed by atoms with E-state index in [0.717, 1.165) is 18.3 Å². The number of hydrogen-bond donors (Lipinski definition) is 2. The third-order valence-corrected chi connectivity index (χ3v) is 3.88. The van der Waals surface area contributed by atoms with Crippen LogP contribution in [0.3, 0.4) is 0 Å². The lowest BCUT2D eigenvalue weighted by Crippen LogP contribution is -2.19. The molecule has 2 amide bonds. The zero-order valence-electron chi connectivity index (χ0n) is 15.0. The summed E-state index contributed by atoms with van der Waals surface area (Å²) in [6.45, 7) is 0. The van der Waals surface area contributed by atoms with Crippen LogP contribution in [-0.4, -0.2) is 16.8 Å². The minimum absolute atomic E-state index is 0.0220. The Kier molecular flexibility index (Phi) is 5.67. The van der Waals surface area contributed by atoms with Gasteiger partial charge in [-0.25, -0.2) is 4.39 Å². The summed E-state index contributed by atoms with van der Waals surface area (Å²) in [4.78, 5) is 27.6. The van der Waals surface area contributed by atoms with Gasteiger partial charge in [0.25, 0.3) is 11.8 Å². The fourth-order valence-corrected chi connectivity index (χ4v) is 2.53. The van der Waals surface area contributed by atoms with Crippen molar-refractivity contribution >= 4 is 17.5 Å². The molecule has 0 atom stereocenters. The lowest BCUT2D eigenvalue weighted by Gasteiger charge is -2.16. The van der Waals surface area contributed by atoms with Crippen LogP contribution < -0.4 is 15.8 Å². The third kappa shape index (κ3) is 4.54. The number of pyridine rings is 1. The number of nitrogens with one attached hydrogen (secondary N) is 1. The number of rotatable bonds is 5. The van der Waals surface area contributed by atoms with E-state index in [-0.39, 0.29) is 17.1 Å². The van der Waals surface area contributed by atoms with Crippen LogP contribution in [0, 0.1) is 5.82 Å². The van der Waals surface area contributed by atoms with Gasteiger partial charge in [-0.15, -0.1) is 0 Å². The molecule has 0 aliphatic rings. The number of aromatic nitrogens is 1. The van der Waals surface area contributed by atoms with Crippen LogP contribution in [0.2, 0.25) is 0 Å². The first kappa shape index (κ1) is 20.8. The summed E-state index contributed by atoms with van der Waals surface area (Å²) >= 11 is 0. The van der Waals surface area contributed by atoms with Crippen molar-refractivity contribution in [2.75, 3.05) is 5.32 Å². The van der Waals surface area contributed by atoms with Crippen molar-refractivity contribution in [1.29, 1.82) is 0 Å². The van der Waals surface area contributed by atoms with Crippen LogP contribution >= 0.6 is 0 Å². The molecule has 1 aromatic heterocycles. The Morgan fingerprint density at radius 3 is 2.37 bits per heavy atom. The van der Waals surface area contributed by atoms with Crippen molar-refractivity contribution in [2.45, 2.75) is 6.18 Å². The third-order valence-electron chi connectivity index (χ3n) is 3.88. The van der Waals surface area contributed by atoms with Crippen molar-refractivity contribution in [3.8, 4) is 11.5 Å². The maximum absolute atomic E-state index is 14.7. The number of carbonyl (C=O) groups is 2. The van der Waals surface area contributed by atoms with Gasteiger partial charge in [0.2, 0.25) is 0 Å². The number of halogens is 4. The first-order valence-corrected chi connectivity index (χ1v) is 8.36. The summed E-state index contributed by atoms with van der Waals surface area (Å²) in [5, 5.41) is 2.23. The van der Waals surface area contributed by atoms with E-state index in [1.807, 2.05) is 0 Å². The lowest BCUT2D eigenvalue weighted by atomic mass is 10.1.